The van der Waals surface area contributed by atoms with E-state index in [0.717, 1.165) is 4.90 Å². The molecule has 1 unspecified atom stereocenters. The van der Waals surface area contributed by atoms with Crippen LogP contribution in [-0.4, -0.2) is 29.5 Å². The van der Waals surface area contributed by atoms with Gasteiger partial charge in [-0.1, -0.05) is 23.7 Å². The molecule has 4 amide bonds. The quantitative estimate of drug-likeness (QED) is 0.807. The lowest BCUT2D eigenvalue weighted by Crippen LogP contribution is -2.41. The number of hydrogen-bond acceptors (Lipinski definition) is 2. The zero-order chi connectivity index (χ0) is 12.4. The van der Waals surface area contributed by atoms with Crippen molar-refractivity contribution < 1.29 is 9.59 Å². The summed E-state index contributed by atoms with van der Waals surface area (Å²) in [6.07, 6.45) is 0. The molecule has 0 radical (unpaired) electrons. The first-order chi connectivity index (χ1) is 8.09. The van der Waals surface area contributed by atoms with E-state index in [1.165, 1.54) is 0 Å². The van der Waals surface area contributed by atoms with Crippen LogP contribution in [0.1, 0.15) is 6.92 Å². The van der Waals surface area contributed by atoms with E-state index in [9.17, 15) is 9.59 Å². The summed E-state index contributed by atoms with van der Waals surface area (Å²) in [6.45, 7) is 2.26. The summed E-state index contributed by atoms with van der Waals surface area (Å²) in [7, 11) is 0. The van der Waals surface area contributed by atoms with Crippen LogP contribution in [-0.2, 0) is 0 Å². The smallest absolute Gasteiger partial charge is 0.330 e. The van der Waals surface area contributed by atoms with Gasteiger partial charge in [-0.25, -0.2) is 14.5 Å². The number of carbonyl (C=O) groups excluding carboxylic acids is 2. The number of hydrogen-bond donors (Lipinski definition) is 2. The van der Waals surface area contributed by atoms with E-state index < -0.39 is 6.03 Å². The number of anilines is 1. The maximum atomic E-state index is 11.9. The topological polar surface area (TPSA) is 61.4 Å². The van der Waals surface area contributed by atoms with Crippen molar-refractivity contribution in [1.82, 2.24) is 10.2 Å². The third kappa shape index (κ3) is 2.34. The van der Waals surface area contributed by atoms with Crippen molar-refractivity contribution in [3.8, 4) is 0 Å². The molecule has 1 aromatic rings. The van der Waals surface area contributed by atoms with Gasteiger partial charge in [0.05, 0.1) is 16.8 Å². The minimum atomic E-state index is -0.472. The van der Waals surface area contributed by atoms with E-state index in [1.54, 1.807) is 31.2 Å². The number of imide groups is 1. The molecule has 90 valence electrons. The zero-order valence-electron chi connectivity index (χ0n) is 9.24. The number of carbonyl (C=O) groups is 2. The first-order valence-electron chi connectivity index (χ1n) is 5.22. The molecule has 0 aliphatic carbocycles. The molecule has 0 aromatic heterocycles. The van der Waals surface area contributed by atoms with Gasteiger partial charge in [-0.3, -0.25) is 0 Å². The number of para-hydroxylation sites is 1. The largest absolute Gasteiger partial charge is 0.335 e. The molecule has 1 atom stereocenters. The summed E-state index contributed by atoms with van der Waals surface area (Å²) in [5, 5.41) is 5.64. The van der Waals surface area contributed by atoms with Crippen molar-refractivity contribution in [2.75, 3.05) is 11.9 Å². The Balaban J connectivity index is 2.12. The summed E-state index contributed by atoms with van der Waals surface area (Å²) < 4.78 is 0. The second-order valence-electron chi connectivity index (χ2n) is 3.82. The Bertz CT molecular complexity index is 464. The Hall–Kier alpha value is -1.75. The van der Waals surface area contributed by atoms with Gasteiger partial charge in [0.2, 0.25) is 0 Å². The summed E-state index contributed by atoms with van der Waals surface area (Å²) in [5.74, 6) is 0. The second kappa shape index (κ2) is 4.63. The summed E-state index contributed by atoms with van der Waals surface area (Å²) >= 11 is 5.91. The van der Waals surface area contributed by atoms with Gasteiger partial charge in [0.15, 0.2) is 0 Å². The number of halogens is 1. The highest BCUT2D eigenvalue weighted by atomic mass is 35.5. The molecule has 2 N–H and O–H groups in total. The molecule has 17 heavy (non-hydrogen) atoms. The molecule has 0 saturated carbocycles. The fourth-order valence-corrected chi connectivity index (χ4v) is 1.83. The zero-order valence-corrected chi connectivity index (χ0v) is 9.99. The molecule has 1 aliphatic heterocycles. The van der Waals surface area contributed by atoms with Crippen LogP contribution in [0.3, 0.4) is 0 Å². The van der Waals surface area contributed by atoms with Crippen LogP contribution in [0.4, 0.5) is 15.3 Å². The molecule has 0 bridgehead atoms. The number of amides is 4. The third-order valence-corrected chi connectivity index (χ3v) is 2.87. The first-order valence-corrected chi connectivity index (χ1v) is 5.60. The van der Waals surface area contributed by atoms with Crippen molar-refractivity contribution in [1.29, 1.82) is 0 Å². The molecule has 1 heterocycles. The van der Waals surface area contributed by atoms with Crippen molar-refractivity contribution in [2.24, 2.45) is 0 Å². The van der Waals surface area contributed by atoms with Crippen molar-refractivity contribution >= 4 is 29.4 Å². The highest BCUT2D eigenvalue weighted by Crippen LogP contribution is 2.21. The van der Waals surface area contributed by atoms with Crippen LogP contribution in [0.5, 0.6) is 0 Å². The average Bonchev–Trinajstić information content (AvgIpc) is 2.62. The lowest BCUT2D eigenvalue weighted by molar-refractivity contribution is 0.199. The lowest BCUT2D eigenvalue weighted by Gasteiger charge is -2.18. The van der Waals surface area contributed by atoms with Gasteiger partial charge >= 0.3 is 12.1 Å². The Morgan fingerprint density at radius 1 is 1.53 bits per heavy atom. The SMILES string of the molecule is CC1CNC(=O)N1C(=O)Nc1ccccc1Cl. The first kappa shape index (κ1) is 11.7. The van der Waals surface area contributed by atoms with Crippen LogP contribution in [0.15, 0.2) is 24.3 Å². The maximum absolute atomic E-state index is 11.9. The van der Waals surface area contributed by atoms with E-state index in [-0.39, 0.29) is 12.1 Å². The minimum Gasteiger partial charge on any atom is -0.335 e. The third-order valence-electron chi connectivity index (χ3n) is 2.54. The molecule has 1 aromatic carbocycles. The van der Waals surface area contributed by atoms with Gasteiger partial charge < -0.3 is 10.6 Å². The van der Waals surface area contributed by atoms with E-state index in [1.807, 2.05) is 0 Å². The van der Waals surface area contributed by atoms with E-state index >= 15 is 0 Å². The Kier molecular flexibility index (Phi) is 3.19. The Morgan fingerprint density at radius 3 is 2.82 bits per heavy atom. The van der Waals surface area contributed by atoms with E-state index in [0.29, 0.717) is 17.3 Å². The molecule has 6 heteroatoms. The van der Waals surface area contributed by atoms with Crippen LogP contribution in [0.25, 0.3) is 0 Å². The van der Waals surface area contributed by atoms with Crippen LogP contribution in [0, 0.1) is 0 Å². The number of urea groups is 2. The number of benzene rings is 1. The van der Waals surface area contributed by atoms with Gasteiger partial charge in [-0.05, 0) is 19.1 Å². The predicted molar refractivity (Wildman–Crippen MR) is 65.2 cm³/mol. The monoisotopic (exact) mass is 253 g/mol. The molecule has 5 nitrogen and oxygen atoms in total. The molecule has 1 saturated heterocycles. The highest BCUT2D eigenvalue weighted by Gasteiger charge is 2.32. The van der Waals surface area contributed by atoms with Crippen LogP contribution in [0.2, 0.25) is 5.02 Å². The van der Waals surface area contributed by atoms with Gasteiger partial charge in [0.25, 0.3) is 0 Å². The normalized spacial score (nSPS) is 19.1. The molecule has 1 aliphatic rings. The number of nitrogens with zero attached hydrogens (tertiary/aromatic N) is 1. The van der Waals surface area contributed by atoms with Crippen LogP contribution >= 0.6 is 11.6 Å². The number of rotatable bonds is 1. The van der Waals surface area contributed by atoms with Crippen LogP contribution < -0.4 is 10.6 Å². The lowest BCUT2D eigenvalue weighted by atomic mass is 10.3. The fourth-order valence-electron chi connectivity index (χ4n) is 1.64. The molecule has 1 fully saturated rings. The summed E-state index contributed by atoms with van der Waals surface area (Å²) in [6, 6.07) is 5.86. The molecular formula is C11H12ClN3O2. The van der Waals surface area contributed by atoms with Gasteiger partial charge in [-0.15, -0.1) is 0 Å². The van der Waals surface area contributed by atoms with E-state index in [2.05, 4.69) is 10.6 Å². The highest BCUT2D eigenvalue weighted by molar-refractivity contribution is 6.33. The maximum Gasteiger partial charge on any atom is 0.330 e. The number of nitrogens with one attached hydrogen (secondary N) is 2. The standard InChI is InChI=1S/C11H12ClN3O2/c1-7-6-13-10(16)15(7)11(17)14-9-5-3-2-4-8(9)12/h2-5,7H,6H2,1H3,(H,13,16)(H,14,17). The Labute approximate surface area is 104 Å². The van der Waals surface area contributed by atoms with Gasteiger partial charge in [-0.2, -0.15) is 0 Å². The van der Waals surface area contributed by atoms with Gasteiger partial charge in [0, 0.05) is 6.54 Å². The summed E-state index contributed by atoms with van der Waals surface area (Å²) in [5.41, 5.74) is 0.492. The second-order valence-corrected chi connectivity index (χ2v) is 4.22. The minimum absolute atomic E-state index is 0.162. The van der Waals surface area contributed by atoms with Crippen molar-refractivity contribution in [2.45, 2.75) is 13.0 Å². The van der Waals surface area contributed by atoms with Gasteiger partial charge in [0.1, 0.15) is 0 Å². The van der Waals surface area contributed by atoms with E-state index in [4.69, 9.17) is 11.6 Å². The predicted octanol–water partition coefficient (Wildman–Crippen LogP) is 2.29. The Morgan fingerprint density at radius 2 is 2.24 bits per heavy atom. The summed E-state index contributed by atoms with van der Waals surface area (Å²) in [4.78, 5) is 24.4. The molecule has 2 rings (SSSR count). The molecule has 0 spiro atoms. The van der Waals surface area contributed by atoms with Crippen molar-refractivity contribution in [3.63, 3.8) is 0 Å². The fraction of sp³-hybridized carbons (Fsp3) is 0.273. The average molecular weight is 254 g/mol. The van der Waals surface area contributed by atoms with Crippen molar-refractivity contribution in [3.05, 3.63) is 29.3 Å². The molecular weight excluding hydrogens is 242 g/mol.